The molecule has 2 heterocycles. The van der Waals surface area contributed by atoms with Gasteiger partial charge in [0, 0.05) is 24.3 Å². The first-order valence-electron chi connectivity index (χ1n) is 10.5. The minimum atomic E-state index is -3.92. The number of aryl methyl sites for hydroxylation is 2. The van der Waals surface area contributed by atoms with Crippen molar-refractivity contribution in [3.8, 4) is 11.6 Å². The van der Waals surface area contributed by atoms with Crippen molar-refractivity contribution in [1.82, 2.24) is 19.7 Å². The average molecular weight is 493 g/mol. The lowest BCUT2D eigenvalue weighted by Gasteiger charge is -2.10. The Morgan fingerprint density at radius 2 is 1.77 bits per heavy atom. The van der Waals surface area contributed by atoms with E-state index in [1.165, 1.54) is 42.5 Å². The van der Waals surface area contributed by atoms with Gasteiger partial charge in [0.05, 0.1) is 28.3 Å². The van der Waals surface area contributed by atoms with Crippen LogP contribution in [0, 0.1) is 13.8 Å². The number of nitrogens with zero attached hydrogens (tertiary/aromatic N) is 3. The summed E-state index contributed by atoms with van der Waals surface area (Å²) in [6.45, 7) is 7.91. The zero-order chi connectivity index (χ0) is 25.2. The van der Waals surface area contributed by atoms with Crippen molar-refractivity contribution in [2.45, 2.75) is 18.7 Å². The Morgan fingerprint density at radius 1 is 1.06 bits per heavy atom. The van der Waals surface area contributed by atoms with E-state index in [0.717, 1.165) is 11.1 Å². The van der Waals surface area contributed by atoms with E-state index in [-0.39, 0.29) is 22.2 Å². The molecule has 0 aliphatic carbocycles. The van der Waals surface area contributed by atoms with Crippen molar-refractivity contribution in [2.24, 2.45) is 0 Å². The van der Waals surface area contributed by atoms with Crippen molar-refractivity contribution in [2.75, 3.05) is 17.1 Å². The molecule has 0 saturated heterocycles. The fraction of sp³-hybridized carbons (Fsp3) is 0.125. The second kappa shape index (κ2) is 9.47. The van der Waals surface area contributed by atoms with E-state index in [1.807, 2.05) is 32.0 Å². The van der Waals surface area contributed by atoms with Gasteiger partial charge in [0.1, 0.15) is 0 Å². The van der Waals surface area contributed by atoms with Gasteiger partial charge in [-0.2, -0.15) is 0 Å². The highest BCUT2D eigenvalue weighted by molar-refractivity contribution is 7.92. The van der Waals surface area contributed by atoms with Gasteiger partial charge >= 0.3 is 0 Å². The number of hydrogen-bond acceptors (Lipinski definition) is 7. The zero-order valence-electron chi connectivity index (χ0n) is 19.4. The van der Waals surface area contributed by atoms with E-state index in [2.05, 4.69) is 31.7 Å². The fourth-order valence-corrected chi connectivity index (χ4v) is 4.31. The molecule has 0 radical (unpaired) electrons. The molecule has 0 spiro atoms. The van der Waals surface area contributed by atoms with Gasteiger partial charge in [-0.15, -0.1) is 0 Å². The van der Waals surface area contributed by atoms with E-state index in [4.69, 9.17) is 4.74 Å². The molecule has 0 fully saturated rings. The van der Waals surface area contributed by atoms with Crippen LogP contribution in [0.4, 0.5) is 11.5 Å². The van der Waals surface area contributed by atoms with Crippen LogP contribution >= 0.6 is 0 Å². The highest BCUT2D eigenvalue weighted by Crippen LogP contribution is 2.22. The summed E-state index contributed by atoms with van der Waals surface area (Å²) in [7, 11) is -2.54. The van der Waals surface area contributed by atoms with E-state index in [1.54, 1.807) is 12.1 Å². The number of rotatable bonds is 7. The van der Waals surface area contributed by atoms with Gasteiger partial charge in [-0.1, -0.05) is 12.6 Å². The lowest BCUT2D eigenvalue weighted by molar-refractivity contribution is 0.398. The molecule has 0 aliphatic heterocycles. The van der Waals surface area contributed by atoms with Crippen LogP contribution in [0.3, 0.4) is 0 Å². The first-order valence-corrected chi connectivity index (χ1v) is 12.0. The molecule has 11 heteroatoms. The van der Waals surface area contributed by atoms with Gasteiger partial charge in [0.25, 0.3) is 21.5 Å². The van der Waals surface area contributed by atoms with Gasteiger partial charge in [0.15, 0.2) is 0 Å². The van der Waals surface area contributed by atoms with Crippen molar-refractivity contribution in [3.05, 3.63) is 86.9 Å². The molecule has 0 bridgehead atoms. The molecule has 0 aliphatic rings. The molecule has 2 aromatic carbocycles. The molecule has 0 atom stereocenters. The normalized spacial score (nSPS) is 11.9. The molecule has 3 N–H and O–H groups in total. The van der Waals surface area contributed by atoms with Crippen LogP contribution in [-0.2, 0) is 10.0 Å². The summed E-state index contributed by atoms with van der Waals surface area (Å²) in [5, 5.41) is 6.81. The summed E-state index contributed by atoms with van der Waals surface area (Å²) in [6, 6.07) is 11.8. The molecular weight excluding hydrogens is 468 g/mol. The van der Waals surface area contributed by atoms with Crippen molar-refractivity contribution in [1.29, 1.82) is 0 Å². The van der Waals surface area contributed by atoms with Gasteiger partial charge in [-0.25, -0.2) is 23.1 Å². The Hall–Kier alpha value is -4.38. The minimum absolute atomic E-state index is 0.0129. The molecule has 10 nitrogen and oxygen atoms in total. The van der Waals surface area contributed by atoms with Crippen LogP contribution in [0.1, 0.15) is 11.1 Å². The Morgan fingerprint density at radius 3 is 2.46 bits per heavy atom. The first kappa shape index (κ1) is 23.8. The van der Waals surface area contributed by atoms with Crippen LogP contribution in [0.2, 0.25) is 0 Å². The molecule has 0 unspecified atom stereocenters. The summed E-state index contributed by atoms with van der Waals surface area (Å²) < 4.78 is 34.3. The van der Waals surface area contributed by atoms with Crippen LogP contribution < -0.4 is 30.9 Å². The number of ether oxygens (including phenoxy) is 1. The fourth-order valence-electron chi connectivity index (χ4n) is 3.31. The molecule has 35 heavy (non-hydrogen) atoms. The van der Waals surface area contributed by atoms with Gasteiger partial charge in [-0.05, 0) is 61.4 Å². The number of benzene rings is 2. The maximum absolute atomic E-state index is 12.9. The molecule has 180 valence electrons. The average Bonchev–Trinajstić information content (AvgIpc) is 3.13. The molecule has 4 aromatic rings. The second-order valence-electron chi connectivity index (χ2n) is 7.75. The zero-order valence-corrected chi connectivity index (χ0v) is 20.2. The minimum Gasteiger partial charge on any atom is -0.478 e. The Labute approximate surface area is 201 Å². The summed E-state index contributed by atoms with van der Waals surface area (Å²) >= 11 is 0. The number of hydrogen-bond donors (Lipinski definition) is 3. The van der Waals surface area contributed by atoms with E-state index < -0.39 is 10.0 Å². The van der Waals surface area contributed by atoms with Crippen molar-refractivity contribution in [3.63, 3.8) is 0 Å². The molecule has 0 saturated carbocycles. The second-order valence-corrected chi connectivity index (χ2v) is 9.43. The SMILES string of the molecule is C=c1[nH]n(-c2ccc(C)c(C)c2)c(=O)c1=CNc1ccc(S(=O)(=O)Nc2nccnc2OC)cc1. The topological polar surface area (TPSA) is 131 Å². The number of aromatic nitrogens is 4. The summed E-state index contributed by atoms with van der Waals surface area (Å²) in [6.07, 6.45) is 4.28. The number of sulfonamides is 1. The predicted octanol–water partition coefficient (Wildman–Crippen LogP) is 1.64. The third-order valence-electron chi connectivity index (χ3n) is 5.39. The van der Waals surface area contributed by atoms with E-state index in [9.17, 15) is 13.2 Å². The third kappa shape index (κ3) is 4.94. The maximum atomic E-state index is 12.9. The van der Waals surface area contributed by atoms with Gasteiger partial charge < -0.3 is 10.1 Å². The largest absolute Gasteiger partial charge is 0.478 e. The lowest BCUT2D eigenvalue weighted by atomic mass is 10.1. The molecular formula is C24H24N6O4S. The highest BCUT2D eigenvalue weighted by atomic mass is 32.2. The Bertz CT molecular complexity index is 1660. The molecule has 0 amide bonds. The van der Waals surface area contributed by atoms with E-state index in [0.29, 0.717) is 21.9 Å². The van der Waals surface area contributed by atoms with Crippen LogP contribution in [0.15, 0.2) is 64.5 Å². The lowest BCUT2D eigenvalue weighted by Crippen LogP contribution is -2.34. The first-order chi connectivity index (χ1) is 16.7. The monoisotopic (exact) mass is 492 g/mol. The molecule has 4 rings (SSSR count). The number of nitrogens with one attached hydrogen (secondary N) is 3. The number of methoxy groups -OCH3 is 1. The van der Waals surface area contributed by atoms with Crippen molar-refractivity contribution >= 4 is 34.3 Å². The predicted molar refractivity (Wildman–Crippen MR) is 135 cm³/mol. The Kier molecular flexibility index (Phi) is 6.43. The van der Waals surface area contributed by atoms with Crippen LogP contribution in [0.25, 0.3) is 18.5 Å². The van der Waals surface area contributed by atoms with Crippen molar-refractivity contribution < 1.29 is 13.2 Å². The number of anilines is 2. The Balaban J connectivity index is 1.56. The van der Waals surface area contributed by atoms with Crippen LogP contribution in [-0.4, -0.2) is 35.3 Å². The maximum Gasteiger partial charge on any atom is 0.280 e. The van der Waals surface area contributed by atoms with Gasteiger partial charge in [0.2, 0.25) is 5.82 Å². The summed E-state index contributed by atoms with van der Waals surface area (Å²) in [5.41, 5.74) is 3.24. The summed E-state index contributed by atoms with van der Waals surface area (Å²) in [5.74, 6) is 0.0481. The molecule has 2 aromatic heterocycles. The number of aromatic amines is 1. The van der Waals surface area contributed by atoms with E-state index >= 15 is 0 Å². The number of H-pyrrole nitrogens is 1. The smallest absolute Gasteiger partial charge is 0.280 e. The third-order valence-corrected chi connectivity index (χ3v) is 6.75. The highest BCUT2D eigenvalue weighted by Gasteiger charge is 2.18. The standard InChI is InChI=1S/C24H24N6O4S/c1-15-5-8-19(13-16(15)2)30-24(31)21(17(3)28-30)14-27-18-6-9-20(10-7-18)35(32,33)29-22-23(34-4)26-12-11-25-22/h5-14,27-28H,3H2,1-2,4H3,(H,25,29). The van der Waals surface area contributed by atoms with Gasteiger partial charge in [-0.3, -0.25) is 14.6 Å². The van der Waals surface area contributed by atoms with Crippen LogP contribution in [0.5, 0.6) is 5.88 Å². The quantitative estimate of drug-likeness (QED) is 0.357. The summed E-state index contributed by atoms with van der Waals surface area (Å²) in [4.78, 5) is 20.8.